The predicted octanol–water partition coefficient (Wildman–Crippen LogP) is 26.3. The average molecular weight is 1420 g/mol. The van der Waals surface area contributed by atoms with Gasteiger partial charge in [0.15, 0.2) is 0 Å². The standard InChI is InChI=1S/3C15H28O2.C14H26O2.2C13H24O2.3CH4/c1-7-14(5,6)12(16)17-15(13(2,3)4)10-8-9-11-15;1-6-14(4,5)13(16)17-15(11-12(2)3)9-7-8-10-15;1-5-7-10-15(11-8-9-12-15)17-13(16)14(3,4)6-2;1-6-13(4,5)12(15)16-14(11(2)3)9-7-8-10-14;1-5-12(2,3)11(14)15-13(4)9-7-6-8-10-13;1-5-12(3,4)11(14)15-13(6-2)9-7-8-10-13;;;/h7-11H2,1-6H3;12H,6-11H2,1-5H3;5-12H2,1-4H3;11H,6-10H2,1-5H3;2*5-10H2,1-4H3;3*1H4. The first kappa shape index (κ1) is 101. The van der Waals surface area contributed by atoms with E-state index in [9.17, 15) is 28.8 Å². The van der Waals surface area contributed by atoms with E-state index in [1.54, 1.807) is 0 Å². The van der Waals surface area contributed by atoms with Crippen molar-refractivity contribution >= 4 is 35.8 Å². The minimum atomic E-state index is -0.360. The van der Waals surface area contributed by atoms with Gasteiger partial charge in [-0.25, -0.2) is 0 Å². The molecule has 6 fully saturated rings. The molecule has 6 aliphatic carbocycles. The Morgan fingerprint density at radius 2 is 0.600 bits per heavy atom. The number of rotatable bonds is 25. The summed E-state index contributed by atoms with van der Waals surface area (Å²) in [4.78, 5) is 72.8. The quantitative estimate of drug-likeness (QED) is 0.0630. The Kier molecular flexibility index (Phi) is 43.9. The number of carbonyl (C=O) groups excluding carboxylic acids is 6. The van der Waals surface area contributed by atoms with Gasteiger partial charge >= 0.3 is 35.8 Å². The van der Waals surface area contributed by atoms with Crippen LogP contribution in [0.3, 0.4) is 0 Å². The average Bonchev–Trinajstić information content (AvgIpc) is 1.53. The monoisotopic (exact) mass is 1420 g/mol. The van der Waals surface area contributed by atoms with Gasteiger partial charge in [0.1, 0.15) is 33.6 Å². The topological polar surface area (TPSA) is 158 Å². The molecule has 0 radical (unpaired) electrons. The first-order valence-corrected chi connectivity index (χ1v) is 40.0. The molecule has 594 valence electrons. The molecule has 0 unspecified atom stereocenters. The van der Waals surface area contributed by atoms with Crippen LogP contribution >= 0.6 is 0 Å². The lowest BCUT2D eigenvalue weighted by Crippen LogP contribution is -2.47. The van der Waals surface area contributed by atoms with E-state index < -0.39 is 0 Å². The highest BCUT2D eigenvalue weighted by Gasteiger charge is 2.50. The third kappa shape index (κ3) is 31.1. The van der Waals surface area contributed by atoms with Gasteiger partial charge < -0.3 is 28.4 Å². The van der Waals surface area contributed by atoms with Crippen molar-refractivity contribution in [3.8, 4) is 0 Å². The van der Waals surface area contributed by atoms with E-state index in [0.29, 0.717) is 11.8 Å². The maximum atomic E-state index is 12.3. The summed E-state index contributed by atoms with van der Waals surface area (Å²) in [6.45, 7) is 57.6. The van der Waals surface area contributed by atoms with Crippen molar-refractivity contribution in [3.63, 3.8) is 0 Å². The number of ether oxygens (including phenoxy) is 6. The maximum Gasteiger partial charge on any atom is 0.312 e. The fourth-order valence-corrected chi connectivity index (χ4v) is 13.6. The number of esters is 6. The van der Waals surface area contributed by atoms with Crippen LogP contribution in [-0.2, 0) is 57.2 Å². The molecule has 0 saturated heterocycles. The summed E-state index contributed by atoms with van der Waals surface area (Å²) in [6.07, 6.45) is 38.5. The fourth-order valence-electron chi connectivity index (χ4n) is 13.6. The minimum Gasteiger partial charge on any atom is -0.459 e. The first-order valence-electron chi connectivity index (χ1n) is 40.0. The van der Waals surface area contributed by atoms with Crippen LogP contribution in [0.1, 0.15) is 447 Å². The van der Waals surface area contributed by atoms with Crippen LogP contribution in [-0.4, -0.2) is 69.4 Å². The van der Waals surface area contributed by atoms with E-state index in [1.165, 1.54) is 96.3 Å². The second kappa shape index (κ2) is 43.4. The molecule has 6 aliphatic rings. The molecule has 0 N–H and O–H groups in total. The van der Waals surface area contributed by atoms with Gasteiger partial charge in [0.2, 0.25) is 0 Å². The van der Waals surface area contributed by atoms with Crippen LogP contribution in [0.5, 0.6) is 0 Å². The molecule has 0 heterocycles. The Bertz CT molecular complexity index is 2320. The second-order valence-corrected chi connectivity index (χ2v) is 36.9. The molecule has 0 atom stereocenters. The molecule has 6 saturated carbocycles. The van der Waals surface area contributed by atoms with Crippen molar-refractivity contribution in [1.82, 2.24) is 0 Å². The van der Waals surface area contributed by atoms with Gasteiger partial charge in [-0.3, -0.25) is 28.8 Å². The molecular formula is C88H170O12. The highest BCUT2D eigenvalue weighted by Crippen LogP contribution is 2.49. The molecule has 0 aromatic heterocycles. The second-order valence-electron chi connectivity index (χ2n) is 36.9. The van der Waals surface area contributed by atoms with Crippen LogP contribution in [0.15, 0.2) is 0 Å². The zero-order chi connectivity index (χ0) is 74.8. The van der Waals surface area contributed by atoms with Gasteiger partial charge in [0, 0.05) is 5.41 Å². The van der Waals surface area contributed by atoms with Crippen molar-refractivity contribution in [2.45, 2.75) is 481 Å². The van der Waals surface area contributed by atoms with Crippen LogP contribution < -0.4 is 0 Å². The highest BCUT2D eigenvalue weighted by molar-refractivity contribution is 5.78. The lowest BCUT2D eigenvalue weighted by atomic mass is 9.74. The van der Waals surface area contributed by atoms with Crippen LogP contribution in [0.2, 0.25) is 0 Å². The van der Waals surface area contributed by atoms with Crippen LogP contribution in [0.4, 0.5) is 0 Å². The molecule has 0 aromatic carbocycles. The smallest absolute Gasteiger partial charge is 0.312 e. The number of hydrogen-bond acceptors (Lipinski definition) is 12. The van der Waals surface area contributed by atoms with Gasteiger partial charge in [-0.2, -0.15) is 0 Å². The normalized spacial score (nSPS) is 19.5. The lowest BCUT2D eigenvalue weighted by molar-refractivity contribution is -0.183. The Hall–Kier alpha value is -3.18. The molecule has 6 rings (SSSR count). The van der Waals surface area contributed by atoms with E-state index in [1.807, 2.05) is 118 Å². The Morgan fingerprint density at radius 3 is 0.910 bits per heavy atom. The van der Waals surface area contributed by atoms with Crippen molar-refractivity contribution in [1.29, 1.82) is 0 Å². The summed E-state index contributed by atoms with van der Waals surface area (Å²) in [5.74, 6) is 0.892. The van der Waals surface area contributed by atoms with Gasteiger partial charge in [-0.15, -0.1) is 0 Å². The zero-order valence-electron chi connectivity index (χ0n) is 69.0. The third-order valence-corrected chi connectivity index (χ3v) is 24.6. The largest absolute Gasteiger partial charge is 0.459 e. The van der Waals surface area contributed by atoms with Gasteiger partial charge in [0.05, 0.1) is 32.5 Å². The SMILES string of the molecule is C.C.C.CCC(C)(C)C(=O)OC1(C(C)(C)C)CCCC1.CCC(C)(C)C(=O)OC1(C(C)C)CCCC1.CCC(C)(C)C(=O)OC1(C)CCCCC1.CCC(C)(C)C(=O)OC1(CC(C)C)CCCC1.CCC1(OC(=O)C(C)(C)CC)CCCC1.CCCCC1(OC(=O)C(C)(C)CC)CCCC1. The van der Waals surface area contributed by atoms with E-state index in [2.05, 4.69) is 76.2 Å². The van der Waals surface area contributed by atoms with E-state index in [-0.39, 0.29) is 130 Å². The Morgan fingerprint density at radius 1 is 0.330 bits per heavy atom. The van der Waals surface area contributed by atoms with E-state index >= 15 is 0 Å². The van der Waals surface area contributed by atoms with Gasteiger partial charge in [-0.1, -0.05) is 139 Å². The first-order chi connectivity index (χ1) is 44.6. The predicted molar refractivity (Wildman–Crippen MR) is 422 cm³/mol. The third-order valence-electron chi connectivity index (χ3n) is 24.6. The summed E-state index contributed by atoms with van der Waals surface area (Å²) in [6, 6.07) is 0. The Balaban J connectivity index is -0.00000112. The number of unbranched alkanes of at least 4 members (excludes halogenated alkanes) is 1. The van der Waals surface area contributed by atoms with Crippen molar-refractivity contribution in [2.75, 3.05) is 0 Å². The molecule has 100 heavy (non-hydrogen) atoms. The molecule has 0 aromatic rings. The molecule has 12 heteroatoms. The van der Waals surface area contributed by atoms with Crippen LogP contribution in [0.25, 0.3) is 0 Å². The highest BCUT2D eigenvalue weighted by atomic mass is 16.6. The van der Waals surface area contributed by atoms with Crippen LogP contribution in [0, 0.1) is 49.7 Å². The lowest BCUT2D eigenvalue weighted by Gasteiger charge is -2.42. The zero-order valence-corrected chi connectivity index (χ0v) is 69.0. The Labute approximate surface area is 620 Å². The number of hydrogen-bond donors (Lipinski definition) is 0. The van der Waals surface area contributed by atoms with Crippen molar-refractivity contribution < 1.29 is 57.2 Å². The molecule has 12 nitrogen and oxygen atoms in total. The number of carbonyl (C=O) groups is 6. The summed E-state index contributed by atoms with van der Waals surface area (Å²) < 4.78 is 35.2. The summed E-state index contributed by atoms with van der Waals surface area (Å²) in [5, 5.41) is 0. The van der Waals surface area contributed by atoms with Crippen molar-refractivity contribution in [3.05, 3.63) is 0 Å². The molecule has 0 bridgehead atoms. The summed E-state index contributed by atoms with van der Waals surface area (Å²) in [5.41, 5.74) is -3.03. The summed E-state index contributed by atoms with van der Waals surface area (Å²) >= 11 is 0. The molecule has 0 spiro atoms. The fraction of sp³-hybridized carbons (Fsp3) is 0.932. The molecule has 0 aliphatic heterocycles. The van der Waals surface area contributed by atoms with E-state index in [0.717, 1.165) is 135 Å². The molecule has 0 amide bonds. The minimum absolute atomic E-state index is 0. The molecular weight excluding hydrogens is 1250 g/mol. The van der Waals surface area contributed by atoms with E-state index in [4.69, 9.17) is 28.4 Å². The maximum absolute atomic E-state index is 12.3. The van der Waals surface area contributed by atoms with Crippen molar-refractivity contribution in [2.24, 2.45) is 49.7 Å². The van der Waals surface area contributed by atoms with Gasteiger partial charge in [-0.05, 0) is 320 Å². The van der Waals surface area contributed by atoms with Gasteiger partial charge in [0.25, 0.3) is 0 Å². The summed E-state index contributed by atoms with van der Waals surface area (Å²) in [7, 11) is 0.